The van der Waals surface area contributed by atoms with E-state index in [0.29, 0.717) is 13.2 Å². The minimum atomic E-state index is 0.491. The van der Waals surface area contributed by atoms with Gasteiger partial charge in [-0.2, -0.15) is 0 Å². The van der Waals surface area contributed by atoms with Crippen molar-refractivity contribution in [3.8, 4) is 11.5 Å². The molecule has 1 heterocycles. The van der Waals surface area contributed by atoms with Crippen LogP contribution in [0.3, 0.4) is 0 Å². The fourth-order valence-electron chi connectivity index (χ4n) is 2.07. The van der Waals surface area contributed by atoms with Crippen molar-refractivity contribution in [2.75, 3.05) is 25.2 Å². The first-order chi connectivity index (χ1) is 9.84. The maximum absolute atomic E-state index is 5.78. The molecular formula is C16H16N2O2. The van der Waals surface area contributed by atoms with Gasteiger partial charge in [0.15, 0.2) is 0 Å². The second-order valence-corrected chi connectivity index (χ2v) is 4.49. The van der Waals surface area contributed by atoms with Gasteiger partial charge in [0.1, 0.15) is 30.4 Å². The topological polar surface area (TPSA) is 34.1 Å². The smallest absolute Gasteiger partial charge is 0.145 e. The molecule has 1 aliphatic heterocycles. The average molecular weight is 268 g/mol. The second-order valence-electron chi connectivity index (χ2n) is 4.49. The minimum absolute atomic E-state index is 0.491. The van der Waals surface area contributed by atoms with E-state index in [-0.39, 0.29) is 0 Å². The molecule has 0 N–H and O–H groups in total. The lowest BCUT2D eigenvalue weighted by Gasteiger charge is -2.17. The first kappa shape index (κ1) is 12.5. The Bertz CT molecular complexity index is 625. The number of anilines is 1. The Hall–Kier alpha value is -2.49. The second kappa shape index (κ2) is 5.65. The van der Waals surface area contributed by atoms with Crippen LogP contribution < -0.4 is 14.4 Å². The zero-order chi connectivity index (χ0) is 13.8. The molecular weight excluding hydrogens is 252 g/mol. The maximum Gasteiger partial charge on any atom is 0.145 e. The predicted molar refractivity (Wildman–Crippen MR) is 80.4 cm³/mol. The van der Waals surface area contributed by atoms with Gasteiger partial charge in [-0.25, -0.2) is 4.99 Å². The monoisotopic (exact) mass is 268 g/mol. The predicted octanol–water partition coefficient (Wildman–Crippen LogP) is 3.25. The molecule has 0 fully saturated rings. The molecule has 0 aromatic heterocycles. The van der Waals surface area contributed by atoms with E-state index in [1.807, 2.05) is 60.5 Å². The summed E-state index contributed by atoms with van der Waals surface area (Å²) in [7, 11) is 1.95. The number of aliphatic imine (C=N–C) groups is 1. The molecule has 0 unspecified atom stereocenters. The summed E-state index contributed by atoms with van der Waals surface area (Å²) in [6, 6.07) is 15.6. The lowest BCUT2D eigenvalue weighted by atomic mass is 10.3. The Labute approximate surface area is 118 Å². The first-order valence-corrected chi connectivity index (χ1v) is 6.55. The number of fused-ring (bicyclic) bond motifs is 2. The summed E-state index contributed by atoms with van der Waals surface area (Å²) in [4.78, 5) is 6.43. The van der Waals surface area contributed by atoms with E-state index in [9.17, 15) is 0 Å². The quantitative estimate of drug-likeness (QED) is 0.735. The summed E-state index contributed by atoms with van der Waals surface area (Å²) in [5, 5.41) is 0. The fraction of sp³-hybridized carbons (Fsp3) is 0.188. The third-order valence-corrected chi connectivity index (χ3v) is 3.08. The molecule has 0 radical (unpaired) electrons. The van der Waals surface area contributed by atoms with E-state index in [4.69, 9.17) is 9.47 Å². The molecule has 0 saturated heterocycles. The normalized spacial score (nSPS) is 14.3. The van der Waals surface area contributed by atoms with Crippen LogP contribution in [0.2, 0.25) is 0 Å². The van der Waals surface area contributed by atoms with Gasteiger partial charge in [-0.3, -0.25) is 0 Å². The van der Waals surface area contributed by atoms with Gasteiger partial charge in [0, 0.05) is 7.05 Å². The summed E-state index contributed by atoms with van der Waals surface area (Å²) in [5.74, 6) is 1.60. The summed E-state index contributed by atoms with van der Waals surface area (Å²) in [5.41, 5.74) is 1.80. The van der Waals surface area contributed by atoms with E-state index in [1.54, 1.807) is 6.34 Å². The molecule has 102 valence electrons. The van der Waals surface area contributed by atoms with Gasteiger partial charge in [-0.05, 0) is 24.3 Å². The van der Waals surface area contributed by atoms with Crippen LogP contribution in [0.25, 0.3) is 0 Å². The van der Waals surface area contributed by atoms with Crippen molar-refractivity contribution in [3.63, 3.8) is 0 Å². The Morgan fingerprint density at radius 3 is 2.40 bits per heavy atom. The number of hydrogen-bond acceptors (Lipinski definition) is 4. The van der Waals surface area contributed by atoms with Crippen LogP contribution in [0, 0.1) is 0 Å². The molecule has 0 bridgehead atoms. The number of para-hydroxylation sites is 4. The number of hydrogen-bond donors (Lipinski definition) is 0. The molecule has 2 aromatic carbocycles. The summed E-state index contributed by atoms with van der Waals surface area (Å²) in [6.07, 6.45) is 1.77. The van der Waals surface area contributed by atoms with Crippen LogP contribution in [-0.4, -0.2) is 26.6 Å². The highest BCUT2D eigenvalue weighted by molar-refractivity contribution is 5.83. The van der Waals surface area contributed by atoms with Gasteiger partial charge in [-0.15, -0.1) is 0 Å². The Morgan fingerprint density at radius 2 is 1.55 bits per heavy atom. The fourth-order valence-corrected chi connectivity index (χ4v) is 2.07. The molecule has 4 nitrogen and oxygen atoms in total. The van der Waals surface area contributed by atoms with Gasteiger partial charge in [0.25, 0.3) is 0 Å². The van der Waals surface area contributed by atoms with E-state index in [0.717, 1.165) is 22.9 Å². The van der Waals surface area contributed by atoms with Crippen molar-refractivity contribution in [1.82, 2.24) is 0 Å². The van der Waals surface area contributed by atoms with Crippen molar-refractivity contribution in [1.29, 1.82) is 0 Å². The van der Waals surface area contributed by atoms with Gasteiger partial charge in [-0.1, -0.05) is 24.3 Å². The molecule has 0 atom stereocenters. The Kier molecular flexibility index (Phi) is 3.54. The first-order valence-electron chi connectivity index (χ1n) is 6.55. The largest absolute Gasteiger partial charge is 0.488 e. The number of ether oxygens (including phenoxy) is 2. The van der Waals surface area contributed by atoms with Crippen molar-refractivity contribution >= 4 is 17.7 Å². The highest BCUT2D eigenvalue weighted by Gasteiger charge is 2.09. The third-order valence-electron chi connectivity index (χ3n) is 3.08. The molecule has 20 heavy (non-hydrogen) atoms. The number of rotatable bonds is 0. The Morgan fingerprint density at radius 1 is 0.900 bits per heavy atom. The van der Waals surface area contributed by atoms with Gasteiger partial charge in [0.2, 0.25) is 0 Å². The van der Waals surface area contributed by atoms with E-state index in [2.05, 4.69) is 4.99 Å². The molecule has 1 aliphatic rings. The van der Waals surface area contributed by atoms with Crippen molar-refractivity contribution < 1.29 is 9.47 Å². The average Bonchev–Trinajstić information content (AvgIpc) is 2.52. The van der Waals surface area contributed by atoms with Crippen LogP contribution in [-0.2, 0) is 0 Å². The lowest BCUT2D eigenvalue weighted by molar-refractivity contribution is 0.218. The molecule has 0 aliphatic carbocycles. The summed E-state index contributed by atoms with van der Waals surface area (Å²) in [6.45, 7) is 0.990. The molecule has 0 spiro atoms. The molecule has 0 amide bonds. The van der Waals surface area contributed by atoms with Gasteiger partial charge >= 0.3 is 0 Å². The Balaban J connectivity index is 1.98. The zero-order valence-electron chi connectivity index (χ0n) is 11.3. The van der Waals surface area contributed by atoms with E-state index >= 15 is 0 Å². The van der Waals surface area contributed by atoms with Gasteiger partial charge in [0.05, 0.1) is 12.0 Å². The SMILES string of the molecule is CN1C=Nc2ccccc2OCCOc2ccccc21. The van der Waals surface area contributed by atoms with Gasteiger partial charge < -0.3 is 14.4 Å². The summed E-state index contributed by atoms with van der Waals surface area (Å²) < 4.78 is 11.5. The highest BCUT2D eigenvalue weighted by Crippen LogP contribution is 2.30. The summed E-state index contributed by atoms with van der Waals surface area (Å²) >= 11 is 0. The van der Waals surface area contributed by atoms with Crippen LogP contribution in [0.5, 0.6) is 11.5 Å². The molecule has 4 heteroatoms. The van der Waals surface area contributed by atoms with Crippen molar-refractivity contribution in [2.45, 2.75) is 0 Å². The number of nitrogens with zero attached hydrogens (tertiary/aromatic N) is 2. The molecule has 3 rings (SSSR count). The van der Waals surface area contributed by atoms with E-state index < -0.39 is 0 Å². The van der Waals surface area contributed by atoms with Crippen LogP contribution >= 0.6 is 0 Å². The molecule has 2 aromatic rings. The van der Waals surface area contributed by atoms with Crippen LogP contribution in [0.1, 0.15) is 0 Å². The standard InChI is InChI=1S/C16H16N2O2/c1-18-12-17-13-6-2-4-8-15(13)19-10-11-20-16-9-5-3-7-14(16)18/h2-9,12H,10-11H2,1H3. The highest BCUT2D eigenvalue weighted by atomic mass is 16.5. The van der Waals surface area contributed by atoms with E-state index in [1.165, 1.54) is 0 Å². The third kappa shape index (κ3) is 2.59. The lowest BCUT2D eigenvalue weighted by Crippen LogP contribution is -2.16. The maximum atomic E-state index is 5.78. The number of benzene rings is 2. The minimum Gasteiger partial charge on any atom is -0.488 e. The molecule has 0 saturated carbocycles. The van der Waals surface area contributed by atoms with Crippen molar-refractivity contribution in [2.24, 2.45) is 4.99 Å². The van der Waals surface area contributed by atoms with Crippen LogP contribution in [0.4, 0.5) is 11.4 Å². The van der Waals surface area contributed by atoms with Crippen LogP contribution in [0.15, 0.2) is 53.5 Å². The zero-order valence-corrected chi connectivity index (χ0v) is 11.3. The van der Waals surface area contributed by atoms with Crippen molar-refractivity contribution in [3.05, 3.63) is 48.5 Å².